The summed E-state index contributed by atoms with van der Waals surface area (Å²) in [6.07, 6.45) is 1.22. The smallest absolute Gasteiger partial charge is 0.191 e. The fourth-order valence-electron chi connectivity index (χ4n) is 2.99. The molecule has 1 aliphatic heterocycles. The zero-order chi connectivity index (χ0) is 17.2. The Kier molecular flexibility index (Phi) is 8.05. The molecule has 0 spiro atoms. The van der Waals surface area contributed by atoms with E-state index in [1.807, 2.05) is 13.1 Å². The van der Waals surface area contributed by atoms with Crippen LogP contribution in [0.25, 0.3) is 0 Å². The molecular weight excluding hydrogens is 300 g/mol. The molecular formula is C19H32N4O. The lowest BCUT2D eigenvalue weighted by atomic mass is 10.1. The number of rotatable bonds is 7. The first-order valence-corrected chi connectivity index (χ1v) is 8.99. The Morgan fingerprint density at radius 1 is 1.29 bits per heavy atom. The normalized spacial score (nSPS) is 19.5. The number of benzene rings is 1. The highest BCUT2D eigenvalue weighted by molar-refractivity contribution is 5.79. The number of ether oxygens (including phenoxy) is 1. The summed E-state index contributed by atoms with van der Waals surface area (Å²) in [4.78, 5) is 6.79. The van der Waals surface area contributed by atoms with Crippen LogP contribution < -0.4 is 10.6 Å². The average Bonchev–Trinajstić information content (AvgIpc) is 2.58. The number of nitrogens with zero attached hydrogens (tertiary/aromatic N) is 2. The van der Waals surface area contributed by atoms with Crippen molar-refractivity contribution in [3.63, 3.8) is 0 Å². The Balaban J connectivity index is 1.67. The first-order chi connectivity index (χ1) is 11.7. The number of guanidine groups is 1. The molecule has 0 aromatic heterocycles. The van der Waals surface area contributed by atoms with Crippen molar-refractivity contribution in [1.82, 2.24) is 15.5 Å². The van der Waals surface area contributed by atoms with Crippen molar-refractivity contribution >= 4 is 5.96 Å². The average molecular weight is 332 g/mol. The van der Waals surface area contributed by atoms with Gasteiger partial charge in [-0.2, -0.15) is 0 Å². The monoisotopic (exact) mass is 332 g/mol. The van der Waals surface area contributed by atoms with Crippen LogP contribution in [-0.4, -0.2) is 63.3 Å². The van der Waals surface area contributed by atoms with Crippen LogP contribution >= 0.6 is 0 Å². The molecule has 1 aromatic carbocycles. The van der Waals surface area contributed by atoms with Crippen molar-refractivity contribution in [1.29, 1.82) is 0 Å². The molecule has 134 valence electrons. The van der Waals surface area contributed by atoms with Crippen LogP contribution in [0.15, 0.2) is 35.3 Å². The number of aliphatic imine (C=N–C) groups is 1. The molecule has 0 bridgehead atoms. The summed E-state index contributed by atoms with van der Waals surface area (Å²) in [5, 5.41) is 6.76. The predicted molar refractivity (Wildman–Crippen MR) is 101 cm³/mol. The molecule has 2 N–H and O–H groups in total. The first-order valence-electron chi connectivity index (χ1n) is 8.99. The van der Waals surface area contributed by atoms with Gasteiger partial charge in [0.15, 0.2) is 5.96 Å². The molecule has 0 saturated carbocycles. The van der Waals surface area contributed by atoms with Crippen LogP contribution in [-0.2, 0) is 11.2 Å². The highest BCUT2D eigenvalue weighted by Crippen LogP contribution is 2.07. The van der Waals surface area contributed by atoms with Gasteiger partial charge in [0.25, 0.3) is 0 Å². The molecule has 1 heterocycles. The van der Waals surface area contributed by atoms with E-state index in [2.05, 4.69) is 58.6 Å². The fourth-order valence-corrected chi connectivity index (χ4v) is 2.99. The molecule has 0 radical (unpaired) electrons. The van der Waals surface area contributed by atoms with Crippen LogP contribution in [0.5, 0.6) is 0 Å². The molecule has 24 heavy (non-hydrogen) atoms. The topological polar surface area (TPSA) is 48.9 Å². The summed E-state index contributed by atoms with van der Waals surface area (Å²) in [5.41, 5.74) is 1.33. The van der Waals surface area contributed by atoms with E-state index in [1.165, 1.54) is 5.56 Å². The van der Waals surface area contributed by atoms with Crippen LogP contribution in [0.1, 0.15) is 19.4 Å². The molecule has 5 heteroatoms. The Hall–Kier alpha value is -1.59. The summed E-state index contributed by atoms with van der Waals surface area (Å²) >= 11 is 0. The predicted octanol–water partition coefficient (Wildman–Crippen LogP) is 1.75. The van der Waals surface area contributed by atoms with Crippen molar-refractivity contribution in [2.45, 2.75) is 26.4 Å². The van der Waals surface area contributed by atoms with Gasteiger partial charge < -0.3 is 15.4 Å². The van der Waals surface area contributed by atoms with Crippen LogP contribution in [0.3, 0.4) is 0 Å². The third-order valence-corrected chi connectivity index (χ3v) is 4.12. The fraction of sp³-hybridized carbons (Fsp3) is 0.632. The molecule has 1 saturated heterocycles. The third kappa shape index (κ3) is 6.89. The van der Waals surface area contributed by atoms with E-state index >= 15 is 0 Å². The summed E-state index contributed by atoms with van der Waals surface area (Å²) in [6, 6.07) is 10.5. The summed E-state index contributed by atoms with van der Waals surface area (Å²) in [5.74, 6) is 1.54. The van der Waals surface area contributed by atoms with Gasteiger partial charge in [-0.05, 0) is 17.9 Å². The second-order valence-electron chi connectivity index (χ2n) is 6.76. The zero-order valence-electron chi connectivity index (χ0n) is 15.3. The van der Waals surface area contributed by atoms with Gasteiger partial charge in [-0.3, -0.25) is 9.89 Å². The van der Waals surface area contributed by atoms with E-state index in [-0.39, 0.29) is 6.10 Å². The van der Waals surface area contributed by atoms with Gasteiger partial charge in [0.2, 0.25) is 0 Å². The Bertz CT molecular complexity index is 489. The molecule has 1 aliphatic rings. The maximum absolute atomic E-state index is 5.87. The highest BCUT2D eigenvalue weighted by atomic mass is 16.5. The Morgan fingerprint density at radius 2 is 2.08 bits per heavy atom. The van der Waals surface area contributed by atoms with Gasteiger partial charge in [0.05, 0.1) is 12.7 Å². The van der Waals surface area contributed by atoms with Crippen molar-refractivity contribution < 1.29 is 4.74 Å². The van der Waals surface area contributed by atoms with Gasteiger partial charge in [-0.15, -0.1) is 0 Å². The Morgan fingerprint density at radius 3 is 2.79 bits per heavy atom. The minimum atomic E-state index is 0.227. The third-order valence-electron chi connectivity index (χ3n) is 4.12. The van der Waals surface area contributed by atoms with E-state index < -0.39 is 0 Å². The number of nitrogens with one attached hydrogen (secondary N) is 2. The van der Waals surface area contributed by atoms with Gasteiger partial charge in [0, 0.05) is 39.8 Å². The number of morpholine rings is 1. The minimum absolute atomic E-state index is 0.227. The van der Waals surface area contributed by atoms with Gasteiger partial charge in [-0.25, -0.2) is 0 Å². The molecule has 5 nitrogen and oxygen atoms in total. The lowest BCUT2D eigenvalue weighted by Gasteiger charge is -2.34. The second-order valence-corrected chi connectivity index (χ2v) is 6.76. The van der Waals surface area contributed by atoms with Gasteiger partial charge >= 0.3 is 0 Å². The maximum atomic E-state index is 5.87. The standard InChI is InChI=1S/C19H32N4O/c1-16(2)14-23-11-12-24-18(15-23)13-22-19(20-3)21-10-9-17-7-5-4-6-8-17/h4-8,16,18H,9-15H2,1-3H3,(H2,20,21,22). The summed E-state index contributed by atoms with van der Waals surface area (Å²) in [7, 11) is 1.81. The lowest BCUT2D eigenvalue weighted by Crippen LogP contribution is -2.50. The van der Waals surface area contributed by atoms with Crippen molar-refractivity contribution in [3.05, 3.63) is 35.9 Å². The number of hydrogen-bond donors (Lipinski definition) is 2. The molecule has 0 aliphatic carbocycles. The summed E-state index contributed by atoms with van der Waals surface area (Å²) in [6.45, 7) is 10.2. The maximum Gasteiger partial charge on any atom is 0.191 e. The van der Waals surface area contributed by atoms with Gasteiger partial charge in [0.1, 0.15) is 0 Å². The quantitative estimate of drug-likeness (QED) is 0.590. The lowest BCUT2D eigenvalue weighted by molar-refractivity contribution is -0.0284. The highest BCUT2D eigenvalue weighted by Gasteiger charge is 2.20. The van der Waals surface area contributed by atoms with E-state index in [1.54, 1.807) is 0 Å². The molecule has 1 aromatic rings. The van der Waals surface area contributed by atoms with E-state index in [0.717, 1.165) is 51.7 Å². The van der Waals surface area contributed by atoms with Crippen molar-refractivity contribution in [2.75, 3.05) is 46.4 Å². The van der Waals surface area contributed by atoms with E-state index in [9.17, 15) is 0 Å². The molecule has 1 unspecified atom stereocenters. The molecule has 0 amide bonds. The van der Waals surface area contributed by atoms with E-state index in [4.69, 9.17) is 4.74 Å². The minimum Gasteiger partial charge on any atom is -0.374 e. The second kappa shape index (κ2) is 10.3. The first kappa shape index (κ1) is 18.7. The summed E-state index contributed by atoms with van der Waals surface area (Å²) < 4.78 is 5.87. The largest absolute Gasteiger partial charge is 0.374 e. The van der Waals surface area contributed by atoms with Crippen LogP contribution in [0, 0.1) is 5.92 Å². The zero-order valence-corrected chi connectivity index (χ0v) is 15.3. The Labute approximate surface area is 146 Å². The van der Waals surface area contributed by atoms with Crippen LogP contribution in [0.4, 0.5) is 0 Å². The molecule has 2 rings (SSSR count). The van der Waals surface area contributed by atoms with Crippen molar-refractivity contribution in [3.8, 4) is 0 Å². The van der Waals surface area contributed by atoms with Crippen LogP contribution in [0.2, 0.25) is 0 Å². The SMILES string of the molecule is CN=C(NCCc1ccccc1)NCC1CN(CC(C)C)CCO1. The molecule has 1 atom stereocenters. The van der Waals surface area contributed by atoms with Crippen molar-refractivity contribution in [2.24, 2.45) is 10.9 Å². The van der Waals surface area contributed by atoms with E-state index in [0.29, 0.717) is 5.92 Å². The molecule has 1 fully saturated rings. The van der Waals surface area contributed by atoms with Gasteiger partial charge in [-0.1, -0.05) is 44.2 Å². The number of hydrogen-bond acceptors (Lipinski definition) is 3.